The maximum atomic E-state index is 11.8. The number of carbonyl (C=O) groups is 1. The Morgan fingerprint density at radius 3 is 2.60 bits per heavy atom. The fraction of sp³-hybridized carbons (Fsp3) is 0.438. The summed E-state index contributed by atoms with van der Waals surface area (Å²) in [5, 5.41) is 0. The van der Waals surface area contributed by atoms with Crippen LogP contribution in [0.4, 0.5) is 11.4 Å². The third-order valence-corrected chi connectivity index (χ3v) is 3.91. The molecule has 1 atom stereocenters. The Bertz CT molecular complexity index is 510. The lowest BCUT2D eigenvalue weighted by Crippen LogP contribution is -2.43. The van der Waals surface area contributed by atoms with Crippen LogP contribution >= 0.6 is 0 Å². The van der Waals surface area contributed by atoms with Crippen LogP contribution in [0.5, 0.6) is 0 Å². The number of amides is 1. The summed E-state index contributed by atoms with van der Waals surface area (Å²) in [6.07, 6.45) is 4.51. The number of carbonyl (C=O) groups excluding carboxylic acids is 1. The van der Waals surface area contributed by atoms with Gasteiger partial charge in [-0.2, -0.15) is 0 Å². The SMILES string of the molecule is CC1COCCN1c1ccc(N2CCC=CC2=O)cc1. The highest BCUT2D eigenvalue weighted by molar-refractivity contribution is 6.02. The molecule has 0 bridgehead atoms. The molecule has 1 amide bonds. The zero-order chi connectivity index (χ0) is 13.9. The van der Waals surface area contributed by atoms with Gasteiger partial charge in [-0.25, -0.2) is 0 Å². The highest BCUT2D eigenvalue weighted by Gasteiger charge is 2.20. The molecule has 0 N–H and O–H groups in total. The Kier molecular flexibility index (Phi) is 3.74. The van der Waals surface area contributed by atoms with Crippen LogP contribution in [0.3, 0.4) is 0 Å². The molecule has 1 fully saturated rings. The Morgan fingerprint density at radius 2 is 1.90 bits per heavy atom. The van der Waals surface area contributed by atoms with Gasteiger partial charge in [0.25, 0.3) is 5.91 Å². The highest BCUT2D eigenvalue weighted by Crippen LogP contribution is 2.24. The van der Waals surface area contributed by atoms with Crippen LogP contribution in [0.2, 0.25) is 0 Å². The fourth-order valence-electron chi connectivity index (χ4n) is 2.78. The second kappa shape index (κ2) is 5.67. The third kappa shape index (κ3) is 2.56. The van der Waals surface area contributed by atoms with Gasteiger partial charge < -0.3 is 14.5 Å². The molecule has 1 aromatic rings. The van der Waals surface area contributed by atoms with Gasteiger partial charge in [0.05, 0.1) is 13.2 Å². The van der Waals surface area contributed by atoms with Crippen molar-refractivity contribution in [1.82, 2.24) is 0 Å². The number of morpholine rings is 1. The van der Waals surface area contributed by atoms with Gasteiger partial charge in [0, 0.05) is 30.5 Å². The standard InChI is InChI=1S/C16H20N2O2/c1-13-12-20-11-10-17(13)14-5-7-15(8-6-14)18-9-3-2-4-16(18)19/h2,4-8,13H,3,9-12H2,1H3. The van der Waals surface area contributed by atoms with E-state index in [-0.39, 0.29) is 5.91 Å². The van der Waals surface area contributed by atoms with Gasteiger partial charge in [0.15, 0.2) is 0 Å². The van der Waals surface area contributed by atoms with Crippen LogP contribution in [-0.2, 0) is 9.53 Å². The minimum Gasteiger partial charge on any atom is -0.377 e. The first kappa shape index (κ1) is 13.2. The molecule has 20 heavy (non-hydrogen) atoms. The van der Waals surface area contributed by atoms with Crippen LogP contribution in [0.25, 0.3) is 0 Å². The van der Waals surface area contributed by atoms with E-state index in [1.807, 2.05) is 23.1 Å². The molecule has 1 aromatic carbocycles. The largest absolute Gasteiger partial charge is 0.377 e. The molecule has 0 spiro atoms. The number of anilines is 2. The summed E-state index contributed by atoms with van der Waals surface area (Å²) in [6.45, 7) is 5.42. The van der Waals surface area contributed by atoms with Crippen molar-refractivity contribution in [3.63, 3.8) is 0 Å². The molecule has 2 heterocycles. The summed E-state index contributed by atoms with van der Waals surface area (Å²) >= 11 is 0. The molecule has 0 saturated carbocycles. The van der Waals surface area contributed by atoms with Gasteiger partial charge in [-0.1, -0.05) is 6.08 Å². The third-order valence-electron chi connectivity index (χ3n) is 3.91. The van der Waals surface area contributed by atoms with Crippen molar-refractivity contribution in [3.8, 4) is 0 Å². The molecule has 0 radical (unpaired) electrons. The summed E-state index contributed by atoms with van der Waals surface area (Å²) in [4.78, 5) is 16.0. The lowest BCUT2D eigenvalue weighted by Gasteiger charge is -2.35. The Labute approximate surface area is 119 Å². The van der Waals surface area contributed by atoms with E-state index in [2.05, 4.69) is 24.0 Å². The van der Waals surface area contributed by atoms with Crippen molar-refractivity contribution in [3.05, 3.63) is 36.4 Å². The number of ether oxygens (including phenoxy) is 1. The van der Waals surface area contributed by atoms with E-state index in [4.69, 9.17) is 4.74 Å². The maximum Gasteiger partial charge on any atom is 0.250 e. The normalized spacial score (nSPS) is 23.2. The fourth-order valence-corrected chi connectivity index (χ4v) is 2.78. The van der Waals surface area contributed by atoms with E-state index in [0.717, 1.165) is 38.4 Å². The van der Waals surface area contributed by atoms with Gasteiger partial charge in [-0.15, -0.1) is 0 Å². The Balaban J connectivity index is 1.77. The molecule has 3 rings (SSSR count). The van der Waals surface area contributed by atoms with Crippen molar-refractivity contribution in [2.45, 2.75) is 19.4 Å². The first-order valence-electron chi connectivity index (χ1n) is 7.18. The van der Waals surface area contributed by atoms with Gasteiger partial charge in [-0.3, -0.25) is 4.79 Å². The zero-order valence-electron chi connectivity index (χ0n) is 11.8. The van der Waals surface area contributed by atoms with Crippen molar-refractivity contribution in [1.29, 1.82) is 0 Å². The molecule has 4 nitrogen and oxygen atoms in total. The van der Waals surface area contributed by atoms with E-state index in [9.17, 15) is 4.79 Å². The van der Waals surface area contributed by atoms with E-state index >= 15 is 0 Å². The van der Waals surface area contributed by atoms with Gasteiger partial charge >= 0.3 is 0 Å². The van der Waals surface area contributed by atoms with Crippen LogP contribution in [-0.4, -0.2) is 38.3 Å². The maximum absolute atomic E-state index is 11.8. The first-order valence-corrected chi connectivity index (χ1v) is 7.18. The lowest BCUT2D eigenvalue weighted by molar-refractivity contribution is -0.114. The summed E-state index contributed by atoms with van der Waals surface area (Å²) < 4.78 is 5.46. The van der Waals surface area contributed by atoms with Crippen LogP contribution in [0.1, 0.15) is 13.3 Å². The van der Waals surface area contributed by atoms with Crippen molar-refractivity contribution < 1.29 is 9.53 Å². The summed E-state index contributed by atoms with van der Waals surface area (Å²) in [5.41, 5.74) is 2.17. The van der Waals surface area contributed by atoms with E-state index in [1.165, 1.54) is 5.69 Å². The van der Waals surface area contributed by atoms with Gasteiger partial charge in [0.2, 0.25) is 0 Å². The molecule has 1 saturated heterocycles. The van der Waals surface area contributed by atoms with E-state index in [0.29, 0.717) is 6.04 Å². The molecule has 1 unspecified atom stereocenters. The van der Waals surface area contributed by atoms with Gasteiger partial charge in [0.1, 0.15) is 0 Å². The molecule has 2 aliphatic rings. The number of hydrogen-bond donors (Lipinski definition) is 0. The van der Waals surface area contributed by atoms with E-state index in [1.54, 1.807) is 6.08 Å². The second-order valence-corrected chi connectivity index (χ2v) is 5.31. The highest BCUT2D eigenvalue weighted by atomic mass is 16.5. The predicted octanol–water partition coefficient (Wildman–Crippen LogP) is 2.20. The Hall–Kier alpha value is -1.81. The molecular weight excluding hydrogens is 252 g/mol. The Morgan fingerprint density at radius 1 is 1.15 bits per heavy atom. The monoisotopic (exact) mass is 272 g/mol. The average molecular weight is 272 g/mol. The summed E-state index contributed by atoms with van der Waals surface area (Å²) in [5.74, 6) is 0.0729. The molecule has 2 aliphatic heterocycles. The van der Waals surface area contributed by atoms with Crippen LogP contribution in [0.15, 0.2) is 36.4 Å². The minimum atomic E-state index is 0.0729. The van der Waals surface area contributed by atoms with E-state index < -0.39 is 0 Å². The number of benzene rings is 1. The topological polar surface area (TPSA) is 32.8 Å². The predicted molar refractivity (Wildman–Crippen MR) is 80.2 cm³/mol. The summed E-state index contributed by atoms with van der Waals surface area (Å²) in [6, 6.07) is 8.67. The number of rotatable bonds is 2. The molecule has 0 aromatic heterocycles. The number of hydrogen-bond acceptors (Lipinski definition) is 3. The smallest absolute Gasteiger partial charge is 0.250 e. The molecular formula is C16H20N2O2. The molecule has 4 heteroatoms. The number of nitrogens with zero attached hydrogens (tertiary/aromatic N) is 2. The van der Waals surface area contributed by atoms with Crippen LogP contribution in [0, 0.1) is 0 Å². The van der Waals surface area contributed by atoms with Crippen LogP contribution < -0.4 is 9.80 Å². The van der Waals surface area contributed by atoms with Crippen molar-refractivity contribution in [2.24, 2.45) is 0 Å². The first-order chi connectivity index (χ1) is 9.75. The minimum absolute atomic E-state index is 0.0729. The summed E-state index contributed by atoms with van der Waals surface area (Å²) in [7, 11) is 0. The average Bonchev–Trinajstić information content (AvgIpc) is 2.49. The molecule has 106 valence electrons. The second-order valence-electron chi connectivity index (χ2n) is 5.31. The lowest BCUT2D eigenvalue weighted by atomic mass is 10.1. The molecule has 0 aliphatic carbocycles. The zero-order valence-corrected chi connectivity index (χ0v) is 11.8. The van der Waals surface area contributed by atoms with Crippen molar-refractivity contribution >= 4 is 17.3 Å². The van der Waals surface area contributed by atoms with Gasteiger partial charge in [-0.05, 0) is 43.7 Å². The quantitative estimate of drug-likeness (QED) is 0.827. The van der Waals surface area contributed by atoms with Crippen molar-refractivity contribution in [2.75, 3.05) is 36.1 Å².